The zero-order valence-electron chi connectivity index (χ0n) is 7.97. The predicted molar refractivity (Wildman–Crippen MR) is 49.2 cm³/mol. The highest BCUT2D eigenvalue weighted by Gasteiger charge is 2.05. The molecule has 7 nitrogen and oxygen atoms in total. The van der Waals surface area contributed by atoms with Crippen LogP contribution >= 0.6 is 0 Å². The summed E-state index contributed by atoms with van der Waals surface area (Å²) in [6.45, 7) is 0.373. The highest BCUT2D eigenvalue weighted by atomic mass is 17.1. The van der Waals surface area contributed by atoms with Gasteiger partial charge in [-0.25, -0.2) is 5.26 Å². The number of hydrogen-bond acceptors (Lipinski definition) is 5. The van der Waals surface area contributed by atoms with Crippen LogP contribution in [0.25, 0.3) is 0 Å². The van der Waals surface area contributed by atoms with Crippen LogP contribution in [0.1, 0.15) is 12.8 Å². The van der Waals surface area contributed by atoms with Gasteiger partial charge in [-0.1, -0.05) is 0 Å². The molecule has 0 aliphatic heterocycles. The molecule has 0 amide bonds. The van der Waals surface area contributed by atoms with Crippen LogP contribution in [0.15, 0.2) is 11.8 Å². The number of carboxylic acids is 2. The maximum absolute atomic E-state index is 10.3. The Morgan fingerprint density at radius 2 is 1.93 bits per heavy atom. The van der Waals surface area contributed by atoms with Crippen molar-refractivity contribution in [3.05, 3.63) is 11.8 Å². The first kappa shape index (κ1) is 13.4. The molecule has 0 fully saturated rings. The second-order valence-electron chi connectivity index (χ2n) is 2.77. The Morgan fingerprint density at radius 1 is 1.27 bits per heavy atom. The van der Waals surface area contributed by atoms with Gasteiger partial charge in [0.15, 0.2) is 0 Å². The van der Waals surface area contributed by atoms with Crippen molar-refractivity contribution in [1.29, 1.82) is 0 Å². The van der Waals surface area contributed by atoms with Gasteiger partial charge in [-0.3, -0.25) is 9.59 Å². The van der Waals surface area contributed by atoms with Gasteiger partial charge in [-0.2, -0.15) is 0 Å². The second kappa shape index (κ2) is 7.77. The van der Waals surface area contributed by atoms with E-state index in [0.717, 1.165) is 6.26 Å². The largest absolute Gasteiger partial charge is 0.481 e. The van der Waals surface area contributed by atoms with Crippen molar-refractivity contribution in [2.75, 3.05) is 13.1 Å². The average molecular weight is 219 g/mol. The summed E-state index contributed by atoms with van der Waals surface area (Å²) in [5.74, 6) is -2.00. The Bertz CT molecular complexity index is 250. The van der Waals surface area contributed by atoms with Crippen molar-refractivity contribution in [3.8, 4) is 0 Å². The highest BCUT2D eigenvalue weighted by Crippen LogP contribution is 1.99. The molecule has 7 heteroatoms. The number of nitrogens with one attached hydrogen (secondary N) is 1. The third-order valence-electron chi connectivity index (χ3n) is 1.47. The Hall–Kier alpha value is -1.60. The van der Waals surface area contributed by atoms with Crippen LogP contribution in [-0.4, -0.2) is 40.5 Å². The normalized spacial score (nSPS) is 11.1. The topological polar surface area (TPSA) is 116 Å². The van der Waals surface area contributed by atoms with Gasteiger partial charge < -0.3 is 20.4 Å². The highest BCUT2D eigenvalue weighted by molar-refractivity contribution is 5.70. The van der Waals surface area contributed by atoms with E-state index in [1.54, 1.807) is 0 Å². The second-order valence-corrected chi connectivity index (χ2v) is 2.77. The van der Waals surface area contributed by atoms with E-state index >= 15 is 0 Å². The average Bonchev–Trinajstić information content (AvgIpc) is 2.11. The standard InChI is InChI=1S/C8H13NO6/c10-7(11)1-2-9-4-6(5-15-14)3-8(12)13/h5,9,14H,1-4H2,(H,10,11)(H,12,13)/b6-5+. The number of hydrogen-bond donors (Lipinski definition) is 4. The number of carboxylic acid groups (broad SMARTS) is 2. The van der Waals surface area contributed by atoms with Gasteiger partial charge in [0.2, 0.25) is 0 Å². The van der Waals surface area contributed by atoms with Gasteiger partial charge >= 0.3 is 11.9 Å². The van der Waals surface area contributed by atoms with Crippen LogP contribution in [0, 0.1) is 0 Å². The molecule has 0 aromatic rings. The fraction of sp³-hybridized carbons (Fsp3) is 0.500. The molecule has 0 saturated heterocycles. The molecule has 0 unspecified atom stereocenters. The molecule has 0 radical (unpaired) electrons. The molecular weight excluding hydrogens is 206 g/mol. The van der Waals surface area contributed by atoms with Crippen molar-refractivity contribution >= 4 is 11.9 Å². The molecule has 15 heavy (non-hydrogen) atoms. The van der Waals surface area contributed by atoms with Gasteiger partial charge in [0.1, 0.15) is 6.26 Å². The Labute approximate surface area is 85.9 Å². The molecule has 0 aliphatic rings. The first-order valence-corrected chi connectivity index (χ1v) is 4.18. The lowest BCUT2D eigenvalue weighted by Crippen LogP contribution is -2.21. The summed E-state index contributed by atoms with van der Waals surface area (Å²) in [6, 6.07) is 0. The molecule has 0 rings (SSSR count). The molecule has 0 heterocycles. The molecule has 0 aromatic heterocycles. The minimum atomic E-state index is -1.06. The monoisotopic (exact) mass is 219 g/mol. The molecular formula is C8H13NO6. The van der Waals surface area contributed by atoms with E-state index in [1.165, 1.54) is 0 Å². The van der Waals surface area contributed by atoms with Crippen LogP contribution < -0.4 is 5.32 Å². The lowest BCUT2D eigenvalue weighted by Gasteiger charge is -2.04. The van der Waals surface area contributed by atoms with E-state index in [1.807, 2.05) is 0 Å². The minimum Gasteiger partial charge on any atom is -0.481 e. The summed E-state index contributed by atoms with van der Waals surface area (Å²) in [7, 11) is 0. The molecule has 0 saturated carbocycles. The van der Waals surface area contributed by atoms with E-state index in [-0.39, 0.29) is 25.9 Å². The lowest BCUT2D eigenvalue weighted by molar-refractivity contribution is -0.187. The maximum atomic E-state index is 10.3. The van der Waals surface area contributed by atoms with Gasteiger partial charge in [0, 0.05) is 13.1 Å². The summed E-state index contributed by atoms with van der Waals surface area (Å²) in [4.78, 5) is 24.2. The van der Waals surface area contributed by atoms with E-state index in [4.69, 9.17) is 15.5 Å². The van der Waals surface area contributed by atoms with Crippen LogP contribution in [0.5, 0.6) is 0 Å². The summed E-state index contributed by atoms with van der Waals surface area (Å²) >= 11 is 0. The number of carbonyl (C=O) groups is 2. The van der Waals surface area contributed by atoms with E-state index in [2.05, 4.69) is 10.2 Å². The summed E-state index contributed by atoms with van der Waals surface area (Å²) in [6.07, 6.45) is 0.572. The van der Waals surface area contributed by atoms with Crippen molar-refractivity contribution in [1.82, 2.24) is 5.32 Å². The van der Waals surface area contributed by atoms with Crippen molar-refractivity contribution in [3.63, 3.8) is 0 Å². The third-order valence-corrected chi connectivity index (χ3v) is 1.47. The number of aliphatic carboxylic acids is 2. The minimum absolute atomic E-state index is 0.0552. The van der Waals surface area contributed by atoms with E-state index in [9.17, 15) is 9.59 Å². The first-order chi connectivity index (χ1) is 7.06. The van der Waals surface area contributed by atoms with Crippen LogP contribution in [0.3, 0.4) is 0 Å². The Balaban J connectivity index is 3.81. The van der Waals surface area contributed by atoms with E-state index < -0.39 is 11.9 Å². The van der Waals surface area contributed by atoms with Gasteiger partial charge in [-0.05, 0) is 5.57 Å². The van der Waals surface area contributed by atoms with Gasteiger partial charge in [0.05, 0.1) is 12.8 Å². The summed E-state index contributed by atoms with van der Waals surface area (Å²) in [5.41, 5.74) is 0.315. The van der Waals surface area contributed by atoms with Crippen molar-refractivity contribution in [2.45, 2.75) is 12.8 Å². The smallest absolute Gasteiger partial charge is 0.307 e. The maximum Gasteiger partial charge on any atom is 0.307 e. The van der Waals surface area contributed by atoms with Crippen molar-refractivity contribution < 1.29 is 29.9 Å². The van der Waals surface area contributed by atoms with Crippen molar-refractivity contribution in [2.24, 2.45) is 0 Å². The molecule has 0 aliphatic carbocycles. The zero-order valence-corrected chi connectivity index (χ0v) is 7.97. The fourth-order valence-corrected chi connectivity index (χ4v) is 0.859. The molecule has 0 bridgehead atoms. The summed E-state index contributed by atoms with van der Waals surface area (Å²) in [5, 5.41) is 27.6. The zero-order chi connectivity index (χ0) is 11.7. The van der Waals surface area contributed by atoms with Crippen LogP contribution in [0.4, 0.5) is 0 Å². The number of rotatable bonds is 8. The molecule has 4 N–H and O–H groups in total. The molecule has 86 valence electrons. The Morgan fingerprint density at radius 3 is 2.40 bits per heavy atom. The molecule has 0 aromatic carbocycles. The van der Waals surface area contributed by atoms with E-state index in [0.29, 0.717) is 5.57 Å². The summed E-state index contributed by atoms with van der Waals surface area (Å²) < 4.78 is 0. The quantitative estimate of drug-likeness (QED) is 0.195. The third kappa shape index (κ3) is 8.72. The molecule has 0 atom stereocenters. The predicted octanol–water partition coefficient (Wildman–Crippen LogP) is -0.101. The van der Waals surface area contributed by atoms with Gasteiger partial charge in [-0.15, -0.1) is 0 Å². The van der Waals surface area contributed by atoms with Gasteiger partial charge in [0.25, 0.3) is 0 Å². The SMILES string of the molecule is O=C(O)CCNC/C(=C/OO)CC(=O)O. The first-order valence-electron chi connectivity index (χ1n) is 4.18. The van der Waals surface area contributed by atoms with Crippen LogP contribution in [0.2, 0.25) is 0 Å². The Kier molecular flexibility index (Phi) is 6.94. The molecule has 0 spiro atoms. The lowest BCUT2D eigenvalue weighted by atomic mass is 10.2. The van der Waals surface area contributed by atoms with Crippen LogP contribution in [-0.2, 0) is 14.5 Å². The fourth-order valence-electron chi connectivity index (χ4n) is 0.859.